The van der Waals surface area contributed by atoms with Crippen molar-refractivity contribution in [3.8, 4) is 11.8 Å². The van der Waals surface area contributed by atoms with Crippen molar-refractivity contribution in [2.24, 2.45) is 11.1 Å². The number of nitrogens with two attached hydrogens (primary N) is 1. The molecule has 0 spiro atoms. The van der Waals surface area contributed by atoms with Gasteiger partial charge in [0.2, 0.25) is 0 Å². The lowest BCUT2D eigenvalue weighted by Gasteiger charge is -2.15. The minimum absolute atomic E-state index is 0.0518. The van der Waals surface area contributed by atoms with Gasteiger partial charge in [0.15, 0.2) is 0 Å². The minimum atomic E-state index is -0.227. The molecule has 1 aromatic rings. The summed E-state index contributed by atoms with van der Waals surface area (Å²) in [6.07, 6.45) is 2.90. The maximum Gasteiger partial charge on any atom is 0.122 e. The van der Waals surface area contributed by atoms with E-state index in [1.54, 1.807) is 0 Å². The number of hydrogen-bond donors (Lipinski definition) is 1. The maximum atomic E-state index is 8.94. The molecule has 3 heteroatoms. The van der Waals surface area contributed by atoms with Gasteiger partial charge in [0.05, 0.1) is 18.1 Å². The highest BCUT2D eigenvalue weighted by molar-refractivity contribution is 5.37. The summed E-state index contributed by atoms with van der Waals surface area (Å²) in [5.74, 6) is 0.925. The Morgan fingerprint density at radius 3 is 2.60 bits per heavy atom. The van der Waals surface area contributed by atoms with Crippen LogP contribution in [-0.2, 0) is 0 Å². The lowest BCUT2D eigenvalue weighted by atomic mass is 9.89. The molecule has 0 amide bonds. The molecule has 0 aromatic heterocycles. The third kappa shape index (κ3) is 5.22. The topological polar surface area (TPSA) is 59.0 Å². The predicted octanol–water partition coefficient (Wildman–Crippen LogP) is 4.11. The zero-order valence-electron chi connectivity index (χ0n) is 13.1. The molecule has 0 saturated heterocycles. The molecular weight excluding hydrogens is 248 g/mol. The van der Waals surface area contributed by atoms with Crippen molar-refractivity contribution in [3.63, 3.8) is 0 Å². The smallest absolute Gasteiger partial charge is 0.122 e. The van der Waals surface area contributed by atoms with Crippen molar-refractivity contribution in [2.75, 3.05) is 6.61 Å². The number of benzene rings is 1. The number of nitrogens with zero attached hydrogens (tertiary/aromatic N) is 1. The normalized spacial score (nSPS) is 12.8. The summed E-state index contributed by atoms with van der Waals surface area (Å²) >= 11 is 0. The second-order valence-corrected chi connectivity index (χ2v) is 6.11. The second kappa shape index (κ2) is 7.31. The maximum absolute atomic E-state index is 8.94. The highest BCUT2D eigenvalue weighted by atomic mass is 16.5. The molecule has 1 rings (SSSR count). The molecule has 1 unspecified atom stereocenters. The van der Waals surface area contributed by atoms with Crippen LogP contribution in [0, 0.1) is 23.7 Å². The van der Waals surface area contributed by atoms with E-state index in [1.165, 1.54) is 0 Å². The van der Waals surface area contributed by atoms with Crippen molar-refractivity contribution in [2.45, 2.75) is 53.0 Å². The molecule has 3 nitrogen and oxygen atoms in total. The van der Waals surface area contributed by atoms with Crippen molar-refractivity contribution >= 4 is 0 Å². The average molecular weight is 274 g/mol. The predicted molar refractivity (Wildman–Crippen MR) is 82.5 cm³/mol. The number of hydrogen-bond acceptors (Lipinski definition) is 3. The van der Waals surface area contributed by atoms with Gasteiger partial charge in [-0.1, -0.05) is 12.1 Å². The van der Waals surface area contributed by atoms with E-state index in [1.807, 2.05) is 39.8 Å². The van der Waals surface area contributed by atoms with Gasteiger partial charge < -0.3 is 10.5 Å². The molecule has 20 heavy (non-hydrogen) atoms. The summed E-state index contributed by atoms with van der Waals surface area (Å²) in [5.41, 5.74) is 7.88. The van der Waals surface area contributed by atoms with Crippen LogP contribution in [-0.4, -0.2) is 6.61 Å². The van der Waals surface area contributed by atoms with Crippen LogP contribution in [0.2, 0.25) is 0 Å². The number of unbranched alkanes of at least 4 members (excludes halogenated alkanes) is 1. The first-order chi connectivity index (χ1) is 9.35. The summed E-state index contributed by atoms with van der Waals surface area (Å²) < 4.78 is 5.80. The van der Waals surface area contributed by atoms with E-state index in [0.29, 0.717) is 6.61 Å². The lowest BCUT2D eigenvalue weighted by molar-refractivity contribution is 0.293. The van der Waals surface area contributed by atoms with Gasteiger partial charge in [-0.2, -0.15) is 5.26 Å². The van der Waals surface area contributed by atoms with Gasteiger partial charge in [-0.3, -0.25) is 0 Å². The Kier molecular flexibility index (Phi) is 6.04. The molecule has 1 atom stereocenters. The fraction of sp³-hybridized carbons (Fsp3) is 0.588. The van der Waals surface area contributed by atoms with Gasteiger partial charge in [0.1, 0.15) is 5.75 Å². The van der Waals surface area contributed by atoms with Crippen LogP contribution in [0.25, 0.3) is 0 Å². The molecule has 2 N–H and O–H groups in total. The molecule has 110 valence electrons. The van der Waals surface area contributed by atoms with Crippen LogP contribution in [0.15, 0.2) is 18.2 Å². The van der Waals surface area contributed by atoms with Gasteiger partial charge in [0.25, 0.3) is 0 Å². The van der Waals surface area contributed by atoms with E-state index in [0.717, 1.165) is 36.1 Å². The summed E-state index contributed by atoms with van der Waals surface area (Å²) in [6.45, 7) is 8.67. The number of aryl methyl sites for hydroxylation is 1. The Balaban J connectivity index is 2.38. The fourth-order valence-electron chi connectivity index (χ4n) is 2.02. The van der Waals surface area contributed by atoms with Gasteiger partial charge in [-0.05, 0) is 64.2 Å². The Morgan fingerprint density at radius 2 is 2.05 bits per heavy atom. The molecule has 0 saturated carbocycles. The first kappa shape index (κ1) is 16.5. The van der Waals surface area contributed by atoms with Gasteiger partial charge >= 0.3 is 0 Å². The molecule has 1 aromatic carbocycles. The largest absolute Gasteiger partial charge is 0.493 e. The van der Waals surface area contributed by atoms with Crippen LogP contribution < -0.4 is 10.5 Å². The van der Waals surface area contributed by atoms with Crippen molar-refractivity contribution in [3.05, 3.63) is 29.3 Å². The van der Waals surface area contributed by atoms with E-state index < -0.39 is 0 Å². The van der Waals surface area contributed by atoms with Crippen molar-refractivity contribution < 1.29 is 4.74 Å². The first-order valence-electron chi connectivity index (χ1n) is 7.26. The number of ether oxygens (including phenoxy) is 1. The van der Waals surface area contributed by atoms with E-state index in [2.05, 4.69) is 12.1 Å². The average Bonchev–Trinajstić information content (AvgIpc) is 2.39. The molecule has 0 bridgehead atoms. The molecule has 0 heterocycles. The van der Waals surface area contributed by atoms with Gasteiger partial charge in [-0.15, -0.1) is 0 Å². The van der Waals surface area contributed by atoms with Crippen LogP contribution in [0.1, 0.15) is 57.2 Å². The minimum Gasteiger partial charge on any atom is -0.493 e. The Labute approximate surface area is 122 Å². The first-order valence-corrected chi connectivity index (χ1v) is 7.26. The third-order valence-electron chi connectivity index (χ3n) is 3.48. The van der Waals surface area contributed by atoms with Crippen molar-refractivity contribution in [1.82, 2.24) is 0 Å². The second-order valence-electron chi connectivity index (χ2n) is 6.11. The van der Waals surface area contributed by atoms with Gasteiger partial charge in [0, 0.05) is 6.04 Å². The lowest BCUT2D eigenvalue weighted by Crippen LogP contribution is -2.09. The monoisotopic (exact) mass is 274 g/mol. The molecular formula is C17H26N2O. The molecule has 0 radical (unpaired) electrons. The zero-order valence-corrected chi connectivity index (χ0v) is 13.1. The van der Waals surface area contributed by atoms with Crippen molar-refractivity contribution in [1.29, 1.82) is 5.26 Å². The summed E-state index contributed by atoms with van der Waals surface area (Å²) in [6, 6.07) is 8.47. The van der Waals surface area contributed by atoms with E-state index in [9.17, 15) is 0 Å². The molecule has 0 aliphatic heterocycles. The van der Waals surface area contributed by atoms with Gasteiger partial charge in [-0.25, -0.2) is 0 Å². The van der Waals surface area contributed by atoms with E-state index in [-0.39, 0.29) is 11.5 Å². The highest BCUT2D eigenvalue weighted by Gasteiger charge is 2.15. The van der Waals surface area contributed by atoms with Crippen LogP contribution in [0.3, 0.4) is 0 Å². The van der Waals surface area contributed by atoms with E-state index >= 15 is 0 Å². The molecule has 0 fully saturated rings. The van der Waals surface area contributed by atoms with Crippen LogP contribution in [0.4, 0.5) is 0 Å². The third-order valence-corrected chi connectivity index (χ3v) is 3.48. The molecule has 0 aliphatic carbocycles. The summed E-state index contributed by atoms with van der Waals surface area (Å²) in [5, 5.41) is 8.94. The SMILES string of the molecule is Cc1cc(C(C)N)ccc1OCCCCC(C)(C)C#N. The van der Waals surface area contributed by atoms with E-state index in [4.69, 9.17) is 15.7 Å². The number of nitriles is 1. The highest BCUT2D eigenvalue weighted by Crippen LogP contribution is 2.24. The number of rotatable bonds is 7. The van der Waals surface area contributed by atoms with Crippen LogP contribution in [0.5, 0.6) is 5.75 Å². The van der Waals surface area contributed by atoms with Crippen LogP contribution >= 0.6 is 0 Å². The summed E-state index contributed by atoms with van der Waals surface area (Å²) in [4.78, 5) is 0. The Bertz CT molecular complexity index is 472. The standard InChI is InChI=1S/C17H26N2O/c1-13-11-15(14(2)19)7-8-16(13)20-10-6-5-9-17(3,4)12-18/h7-8,11,14H,5-6,9-10,19H2,1-4H3. The Morgan fingerprint density at radius 1 is 1.35 bits per heavy atom. The fourth-order valence-corrected chi connectivity index (χ4v) is 2.02. The quantitative estimate of drug-likeness (QED) is 0.761. The Hall–Kier alpha value is -1.53. The molecule has 0 aliphatic rings. The zero-order chi connectivity index (χ0) is 15.2. The summed E-state index contributed by atoms with van der Waals surface area (Å²) in [7, 11) is 0.